The average molecular weight is 294 g/mol. The lowest BCUT2D eigenvalue weighted by Gasteiger charge is -2.31. The molecule has 2 atom stereocenters. The van der Waals surface area contributed by atoms with Gasteiger partial charge in [0.15, 0.2) is 5.69 Å². The van der Waals surface area contributed by atoms with Crippen LogP contribution in [0.4, 0.5) is 5.82 Å². The Morgan fingerprint density at radius 1 is 1.30 bits per heavy atom. The summed E-state index contributed by atoms with van der Waals surface area (Å²) >= 11 is 1.91. The van der Waals surface area contributed by atoms with Crippen molar-refractivity contribution >= 4 is 23.5 Å². The van der Waals surface area contributed by atoms with Gasteiger partial charge in [0, 0.05) is 25.4 Å². The molecule has 6 heteroatoms. The van der Waals surface area contributed by atoms with Crippen LogP contribution in [0.1, 0.15) is 36.2 Å². The molecule has 1 aromatic heterocycles. The van der Waals surface area contributed by atoms with Gasteiger partial charge in [0.05, 0.1) is 0 Å². The Hall–Kier alpha value is -1.30. The molecule has 1 N–H and O–H groups in total. The molecule has 2 unspecified atom stereocenters. The number of anilines is 1. The number of aromatic nitrogens is 2. The van der Waals surface area contributed by atoms with Gasteiger partial charge < -0.3 is 10.2 Å². The zero-order valence-electron chi connectivity index (χ0n) is 12.3. The second kappa shape index (κ2) is 6.92. The van der Waals surface area contributed by atoms with E-state index < -0.39 is 0 Å². The highest BCUT2D eigenvalue weighted by molar-refractivity contribution is 7.99. The lowest BCUT2D eigenvalue weighted by molar-refractivity contribution is 0.0821. The first-order valence-electron chi connectivity index (χ1n) is 6.96. The Bertz CT molecular complexity index is 449. The van der Waals surface area contributed by atoms with E-state index in [2.05, 4.69) is 21.8 Å². The van der Waals surface area contributed by atoms with Crippen LogP contribution in [0.2, 0.25) is 0 Å². The standard InChI is InChI=1S/C14H22N4OS/c1-18(2)14(19)11-8-9-13(17-16-11)15-10-6-4-5-7-12(10)20-3/h8-10,12H,4-7H2,1-3H3,(H,15,17). The van der Waals surface area contributed by atoms with Gasteiger partial charge in [-0.25, -0.2) is 0 Å². The minimum Gasteiger partial charge on any atom is -0.365 e. The number of nitrogens with one attached hydrogen (secondary N) is 1. The van der Waals surface area contributed by atoms with Gasteiger partial charge in [0.1, 0.15) is 5.82 Å². The van der Waals surface area contributed by atoms with Crippen LogP contribution in [0.5, 0.6) is 0 Å². The summed E-state index contributed by atoms with van der Waals surface area (Å²) in [5, 5.41) is 12.2. The third-order valence-electron chi connectivity index (χ3n) is 3.63. The lowest BCUT2D eigenvalue weighted by atomic mass is 9.95. The van der Waals surface area contributed by atoms with Crippen LogP contribution >= 0.6 is 11.8 Å². The molecule has 1 fully saturated rings. The second-order valence-corrected chi connectivity index (χ2v) is 6.39. The van der Waals surface area contributed by atoms with Gasteiger partial charge in [-0.1, -0.05) is 12.8 Å². The van der Waals surface area contributed by atoms with E-state index in [1.165, 1.54) is 30.6 Å². The molecule has 20 heavy (non-hydrogen) atoms. The molecule has 1 heterocycles. The third-order valence-corrected chi connectivity index (χ3v) is 4.80. The van der Waals surface area contributed by atoms with Crippen molar-refractivity contribution in [3.05, 3.63) is 17.8 Å². The van der Waals surface area contributed by atoms with Crippen LogP contribution in [0, 0.1) is 0 Å². The van der Waals surface area contributed by atoms with Crippen molar-refractivity contribution in [2.24, 2.45) is 0 Å². The predicted octanol–water partition coefficient (Wildman–Crippen LogP) is 2.26. The zero-order chi connectivity index (χ0) is 14.5. The number of carbonyl (C=O) groups excluding carboxylic acids is 1. The highest BCUT2D eigenvalue weighted by Crippen LogP contribution is 2.29. The summed E-state index contributed by atoms with van der Waals surface area (Å²) < 4.78 is 0. The van der Waals surface area contributed by atoms with Crippen LogP contribution < -0.4 is 5.32 Å². The monoisotopic (exact) mass is 294 g/mol. The topological polar surface area (TPSA) is 58.1 Å². The molecule has 0 bridgehead atoms. The third kappa shape index (κ3) is 3.62. The van der Waals surface area contributed by atoms with Gasteiger partial charge in [-0.15, -0.1) is 10.2 Å². The summed E-state index contributed by atoms with van der Waals surface area (Å²) in [7, 11) is 3.42. The Morgan fingerprint density at radius 3 is 2.65 bits per heavy atom. The summed E-state index contributed by atoms with van der Waals surface area (Å²) in [6, 6.07) is 4.02. The maximum atomic E-state index is 11.7. The number of carbonyl (C=O) groups is 1. The van der Waals surface area contributed by atoms with E-state index in [9.17, 15) is 4.79 Å². The molecule has 1 aliphatic rings. The molecule has 1 saturated carbocycles. The summed E-state index contributed by atoms with van der Waals surface area (Å²) in [6.07, 6.45) is 7.16. The highest BCUT2D eigenvalue weighted by Gasteiger charge is 2.24. The molecule has 110 valence electrons. The predicted molar refractivity (Wildman–Crippen MR) is 83.2 cm³/mol. The van der Waals surface area contributed by atoms with Crippen molar-refractivity contribution < 1.29 is 4.79 Å². The number of hydrogen-bond acceptors (Lipinski definition) is 5. The van der Waals surface area contributed by atoms with E-state index in [4.69, 9.17) is 0 Å². The fraction of sp³-hybridized carbons (Fsp3) is 0.643. The number of hydrogen-bond donors (Lipinski definition) is 1. The maximum Gasteiger partial charge on any atom is 0.273 e. The summed E-state index contributed by atoms with van der Waals surface area (Å²) in [5.41, 5.74) is 0.380. The van der Waals surface area contributed by atoms with Crippen LogP contribution in [-0.4, -0.2) is 52.6 Å². The van der Waals surface area contributed by atoms with Crippen molar-refractivity contribution in [2.75, 3.05) is 25.7 Å². The minimum atomic E-state index is -0.122. The number of rotatable bonds is 4. The van der Waals surface area contributed by atoms with Crippen molar-refractivity contribution in [1.29, 1.82) is 0 Å². The molecule has 0 aliphatic heterocycles. The molecule has 2 rings (SSSR count). The summed E-state index contributed by atoms with van der Waals surface area (Å²) in [4.78, 5) is 13.2. The van der Waals surface area contributed by atoms with Crippen molar-refractivity contribution in [3.63, 3.8) is 0 Å². The fourth-order valence-electron chi connectivity index (χ4n) is 2.49. The lowest BCUT2D eigenvalue weighted by Crippen LogP contribution is -2.34. The molecule has 0 radical (unpaired) electrons. The van der Waals surface area contributed by atoms with Gasteiger partial charge in [-0.05, 0) is 31.2 Å². The van der Waals surface area contributed by atoms with Crippen molar-refractivity contribution in [3.8, 4) is 0 Å². The number of nitrogens with zero attached hydrogens (tertiary/aromatic N) is 3. The fourth-order valence-corrected chi connectivity index (χ4v) is 3.42. The SMILES string of the molecule is CSC1CCCCC1Nc1ccc(C(=O)N(C)C)nn1. The Kier molecular flexibility index (Phi) is 5.23. The van der Waals surface area contributed by atoms with Gasteiger partial charge in [0.25, 0.3) is 5.91 Å². The van der Waals surface area contributed by atoms with E-state index in [0.29, 0.717) is 17.0 Å². The molecule has 0 aromatic carbocycles. The first-order chi connectivity index (χ1) is 9.61. The van der Waals surface area contributed by atoms with E-state index in [-0.39, 0.29) is 5.91 Å². The Balaban J connectivity index is 2.01. The van der Waals surface area contributed by atoms with Crippen LogP contribution in [0.25, 0.3) is 0 Å². The van der Waals surface area contributed by atoms with E-state index >= 15 is 0 Å². The van der Waals surface area contributed by atoms with Gasteiger partial charge in [-0.3, -0.25) is 4.79 Å². The second-order valence-electron chi connectivity index (χ2n) is 5.31. The first kappa shape index (κ1) is 15.1. The van der Waals surface area contributed by atoms with Crippen LogP contribution in [-0.2, 0) is 0 Å². The molecule has 0 spiro atoms. The normalized spacial score (nSPS) is 22.4. The molecular weight excluding hydrogens is 272 g/mol. The number of amides is 1. The summed E-state index contributed by atoms with van der Waals surface area (Å²) in [6.45, 7) is 0. The smallest absolute Gasteiger partial charge is 0.273 e. The largest absolute Gasteiger partial charge is 0.365 e. The van der Waals surface area contributed by atoms with Gasteiger partial charge in [0.2, 0.25) is 0 Å². The average Bonchev–Trinajstić information content (AvgIpc) is 2.48. The molecule has 0 saturated heterocycles. The van der Waals surface area contributed by atoms with E-state index in [0.717, 1.165) is 5.82 Å². The molecule has 5 nitrogen and oxygen atoms in total. The van der Waals surface area contributed by atoms with Crippen molar-refractivity contribution in [1.82, 2.24) is 15.1 Å². The Labute approximate surface area is 124 Å². The van der Waals surface area contributed by atoms with E-state index in [1.807, 2.05) is 17.8 Å². The van der Waals surface area contributed by atoms with E-state index in [1.54, 1.807) is 20.2 Å². The van der Waals surface area contributed by atoms with Gasteiger partial charge >= 0.3 is 0 Å². The van der Waals surface area contributed by atoms with Crippen LogP contribution in [0.15, 0.2) is 12.1 Å². The van der Waals surface area contributed by atoms with Crippen molar-refractivity contribution in [2.45, 2.75) is 37.0 Å². The molecule has 1 aromatic rings. The Morgan fingerprint density at radius 2 is 2.05 bits per heavy atom. The molecule has 1 amide bonds. The zero-order valence-corrected chi connectivity index (χ0v) is 13.1. The van der Waals surface area contributed by atoms with Crippen LogP contribution in [0.3, 0.4) is 0 Å². The molecule has 1 aliphatic carbocycles. The quantitative estimate of drug-likeness (QED) is 0.923. The maximum absolute atomic E-state index is 11.7. The minimum absolute atomic E-state index is 0.122. The van der Waals surface area contributed by atoms with Gasteiger partial charge in [-0.2, -0.15) is 11.8 Å². The highest BCUT2D eigenvalue weighted by atomic mass is 32.2. The summed E-state index contributed by atoms with van der Waals surface area (Å²) in [5.74, 6) is 0.634. The number of thioether (sulfide) groups is 1. The molecular formula is C14H22N4OS. The first-order valence-corrected chi connectivity index (χ1v) is 8.25.